The molecule has 3 nitrogen and oxygen atoms in total. The molecule has 0 heterocycles. The third-order valence-corrected chi connectivity index (χ3v) is 4.57. The van der Waals surface area contributed by atoms with Crippen LogP contribution in [0.25, 0.3) is 0 Å². The van der Waals surface area contributed by atoms with Crippen LogP contribution >= 0.6 is 0 Å². The van der Waals surface area contributed by atoms with Crippen LogP contribution in [0.1, 0.15) is 26.7 Å². The Bertz CT molecular complexity index is 524. The predicted molar refractivity (Wildman–Crippen MR) is 72.5 cm³/mol. The fourth-order valence-corrected chi connectivity index (χ4v) is 3.15. The van der Waals surface area contributed by atoms with Gasteiger partial charge in [0.15, 0.2) is 9.84 Å². The number of anilines is 1. The average Bonchev–Trinajstić information content (AvgIpc) is 2.26. The summed E-state index contributed by atoms with van der Waals surface area (Å²) in [7, 11) is -3.29. The number of rotatable bonds is 6. The van der Waals surface area contributed by atoms with Gasteiger partial charge in [-0.1, -0.05) is 6.92 Å². The van der Waals surface area contributed by atoms with Crippen molar-refractivity contribution < 1.29 is 21.6 Å². The Morgan fingerprint density at radius 3 is 2.20 bits per heavy atom. The maximum absolute atomic E-state index is 12.2. The molecule has 1 atom stereocenters. The SMILES string of the molecule is CCCS(=O)(=O)c1ccc(NC(C)CC(F)(F)F)cc1. The Morgan fingerprint density at radius 2 is 1.75 bits per heavy atom. The van der Waals surface area contributed by atoms with E-state index in [4.69, 9.17) is 0 Å². The molecular formula is C13H18F3NO2S. The van der Waals surface area contributed by atoms with Crippen LogP contribution in [-0.2, 0) is 9.84 Å². The highest BCUT2D eigenvalue weighted by Crippen LogP contribution is 2.24. The first kappa shape index (κ1) is 16.8. The molecule has 0 fully saturated rings. The van der Waals surface area contributed by atoms with Gasteiger partial charge in [-0.05, 0) is 37.6 Å². The van der Waals surface area contributed by atoms with E-state index in [1.807, 2.05) is 0 Å². The van der Waals surface area contributed by atoms with Crippen molar-refractivity contribution in [1.82, 2.24) is 0 Å². The predicted octanol–water partition coefficient (Wildman–Crippen LogP) is 3.62. The second-order valence-corrected chi connectivity index (χ2v) is 6.82. The van der Waals surface area contributed by atoms with Crippen molar-refractivity contribution in [3.8, 4) is 0 Å². The number of hydrogen-bond donors (Lipinski definition) is 1. The molecule has 0 aliphatic carbocycles. The minimum absolute atomic E-state index is 0.0598. The van der Waals surface area contributed by atoms with Gasteiger partial charge in [0.05, 0.1) is 17.1 Å². The van der Waals surface area contributed by atoms with E-state index in [0.717, 1.165) is 0 Å². The summed E-state index contributed by atoms with van der Waals surface area (Å²) >= 11 is 0. The van der Waals surface area contributed by atoms with E-state index in [0.29, 0.717) is 12.1 Å². The van der Waals surface area contributed by atoms with Gasteiger partial charge in [-0.3, -0.25) is 0 Å². The Morgan fingerprint density at radius 1 is 1.20 bits per heavy atom. The van der Waals surface area contributed by atoms with Gasteiger partial charge in [0, 0.05) is 11.7 Å². The Labute approximate surface area is 117 Å². The summed E-state index contributed by atoms with van der Waals surface area (Å²) in [5.74, 6) is 0.0598. The molecule has 0 saturated carbocycles. The number of hydrogen-bond acceptors (Lipinski definition) is 3. The van der Waals surface area contributed by atoms with Crippen LogP contribution in [0.5, 0.6) is 0 Å². The zero-order valence-electron chi connectivity index (χ0n) is 11.4. The molecule has 0 aliphatic rings. The maximum Gasteiger partial charge on any atom is 0.391 e. The molecule has 1 unspecified atom stereocenters. The Kier molecular flexibility index (Phi) is 5.44. The van der Waals surface area contributed by atoms with Crippen molar-refractivity contribution in [2.45, 2.75) is 43.8 Å². The highest BCUT2D eigenvalue weighted by Gasteiger charge is 2.29. The van der Waals surface area contributed by atoms with Gasteiger partial charge in [-0.2, -0.15) is 13.2 Å². The lowest BCUT2D eigenvalue weighted by molar-refractivity contribution is -0.136. The molecule has 7 heteroatoms. The summed E-state index contributed by atoms with van der Waals surface area (Å²) in [5.41, 5.74) is 0.470. The lowest BCUT2D eigenvalue weighted by Gasteiger charge is -2.17. The topological polar surface area (TPSA) is 46.2 Å². The van der Waals surface area contributed by atoms with Gasteiger partial charge in [-0.15, -0.1) is 0 Å². The van der Waals surface area contributed by atoms with E-state index in [-0.39, 0.29) is 10.6 Å². The summed E-state index contributed by atoms with van der Waals surface area (Å²) in [6, 6.07) is 5.01. The molecule has 0 aliphatic heterocycles. The molecule has 0 spiro atoms. The fourth-order valence-electron chi connectivity index (χ4n) is 1.83. The van der Waals surface area contributed by atoms with Crippen LogP contribution in [0.2, 0.25) is 0 Å². The third-order valence-electron chi connectivity index (χ3n) is 2.64. The molecule has 0 amide bonds. The number of sulfone groups is 1. The van der Waals surface area contributed by atoms with E-state index in [9.17, 15) is 21.6 Å². The molecule has 0 aromatic heterocycles. The first-order valence-corrected chi connectivity index (χ1v) is 7.95. The standard InChI is InChI=1S/C13H18F3NO2S/c1-3-8-20(18,19)12-6-4-11(5-7-12)17-10(2)9-13(14,15)16/h4-7,10,17H,3,8-9H2,1-2H3. The zero-order valence-corrected chi connectivity index (χ0v) is 12.2. The van der Waals surface area contributed by atoms with Crippen LogP contribution in [0.15, 0.2) is 29.2 Å². The Balaban J connectivity index is 2.73. The molecule has 0 bridgehead atoms. The van der Waals surface area contributed by atoms with Gasteiger partial charge in [0.2, 0.25) is 0 Å². The van der Waals surface area contributed by atoms with E-state index in [1.165, 1.54) is 31.2 Å². The summed E-state index contributed by atoms with van der Waals surface area (Å²) < 4.78 is 60.2. The molecule has 0 radical (unpaired) electrons. The second-order valence-electron chi connectivity index (χ2n) is 4.71. The average molecular weight is 309 g/mol. The van der Waals surface area contributed by atoms with Crippen LogP contribution in [-0.4, -0.2) is 26.4 Å². The van der Waals surface area contributed by atoms with E-state index in [2.05, 4.69) is 5.32 Å². The largest absolute Gasteiger partial charge is 0.391 e. The smallest absolute Gasteiger partial charge is 0.382 e. The van der Waals surface area contributed by atoms with E-state index < -0.39 is 28.5 Å². The Hall–Kier alpha value is -1.24. The quantitative estimate of drug-likeness (QED) is 0.873. The molecule has 1 rings (SSSR count). The summed E-state index contributed by atoms with van der Waals surface area (Å²) in [4.78, 5) is 0.188. The van der Waals surface area contributed by atoms with Crippen LogP contribution < -0.4 is 5.32 Å². The maximum atomic E-state index is 12.2. The van der Waals surface area contributed by atoms with Crippen molar-refractivity contribution >= 4 is 15.5 Å². The van der Waals surface area contributed by atoms with Crippen molar-refractivity contribution in [1.29, 1.82) is 0 Å². The van der Waals surface area contributed by atoms with Gasteiger partial charge >= 0.3 is 6.18 Å². The minimum atomic E-state index is -4.23. The van der Waals surface area contributed by atoms with Gasteiger partial charge in [0.25, 0.3) is 0 Å². The fraction of sp³-hybridized carbons (Fsp3) is 0.538. The molecule has 114 valence electrons. The molecule has 0 saturated heterocycles. The second kappa shape index (κ2) is 6.47. The van der Waals surface area contributed by atoms with Crippen LogP contribution in [0, 0.1) is 0 Å². The van der Waals surface area contributed by atoms with Gasteiger partial charge < -0.3 is 5.32 Å². The highest BCUT2D eigenvalue weighted by molar-refractivity contribution is 7.91. The summed E-state index contributed by atoms with van der Waals surface area (Å²) in [6.07, 6.45) is -4.65. The summed E-state index contributed by atoms with van der Waals surface area (Å²) in [5, 5.41) is 2.69. The first-order chi connectivity index (χ1) is 9.14. The lowest BCUT2D eigenvalue weighted by Crippen LogP contribution is -2.23. The van der Waals surface area contributed by atoms with Crippen molar-refractivity contribution in [3.63, 3.8) is 0 Å². The zero-order chi connectivity index (χ0) is 15.4. The molecule has 1 aromatic rings. The number of halogens is 3. The lowest BCUT2D eigenvalue weighted by atomic mass is 10.2. The normalized spacial score (nSPS) is 14.1. The van der Waals surface area contributed by atoms with Crippen molar-refractivity contribution in [2.75, 3.05) is 11.1 Å². The van der Waals surface area contributed by atoms with Crippen LogP contribution in [0.3, 0.4) is 0 Å². The highest BCUT2D eigenvalue weighted by atomic mass is 32.2. The number of alkyl halides is 3. The van der Waals surface area contributed by atoms with Gasteiger partial charge in [0.1, 0.15) is 0 Å². The first-order valence-electron chi connectivity index (χ1n) is 6.30. The molecule has 1 aromatic carbocycles. The minimum Gasteiger partial charge on any atom is -0.382 e. The van der Waals surface area contributed by atoms with Crippen molar-refractivity contribution in [2.24, 2.45) is 0 Å². The van der Waals surface area contributed by atoms with Gasteiger partial charge in [-0.25, -0.2) is 8.42 Å². The van der Waals surface area contributed by atoms with Crippen LogP contribution in [0.4, 0.5) is 18.9 Å². The number of nitrogens with one attached hydrogen (secondary N) is 1. The molecule has 1 N–H and O–H groups in total. The van der Waals surface area contributed by atoms with Crippen molar-refractivity contribution in [3.05, 3.63) is 24.3 Å². The van der Waals surface area contributed by atoms with E-state index >= 15 is 0 Å². The monoisotopic (exact) mass is 309 g/mol. The molecular weight excluding hydrogens is 291 g/mol. The third kappa shape index (κ3) is 5.40. The molecule has 20 heavy (non-hydrogen) atoms. The summed E-state index contributed by atoms with van der Waals surface area (Å²) in [6.45, 7) is 3.20. The van der Waals surface area contributed by atoms with E-state index in [1.54, 1.807) is 6.92 Å². The number of benzene rings is 1.